The van der Waals surface area contributed by atoms with Crippen LogP contribution < -0.4 is 0 Å². The number of thiophene rings is 2. The summed E-state index contributed by atoms with van der Waals surface area (Å²) in [5.74, 6) is 0.0563. The maximum absolute atomic E-state index is 13.1. The number of carbonyl (C=O) groups excluding carboxylic acids is 2. The van der Waals surface area contributed by atoms with Crippen molar-refractivity contribution in [3.63, 3.8) is 0 Å². The zero-order valence-electron chi connectivity index (χ0n) is 16.1. The van der Waals surface area contributed by atoms with Gasteiger partial charge in [-0.05, 0) is 53.8 Å². The lowest BCUT2D eigenvalue weighted by Gasteiger charge is -2.34. The first-order valence-electron chi connectivity index (χ1n) is 10.1. The summed E-state index contributed by atoms with van der Waals surface area (Å²) in [5.41, 5.74) is 2.44. The Bertz CT molecular complexity index is 1010. The van der Waals surface area contributed by atoms with E-state index in [1.54, 1.807) is 23.6 Å². The second-order valence-electron chi connectivity index (χ2n) is 7.66. The van der Waals surface area contributed by atoms with Crippen LogP contribution in [0.15, 0.2) is 41.2 Å². The predicted octanol–water partition coefficient (Wildman–Crippen LogP) is 4.20. The molecule has 1 N–H and O–H groups in total. The van der Waals surface area contributed by atoms with Crippen LogP contribution in [0.25, 0.3) is 0 Å². The van der Waals surface area contributed by atoms with E-state index in [0.717, 1.165) is 38.9 Å². The van der Waals surface area contributed by atoms with Crippen molar-refractivity contribution in [3.05, 3.63) is 67.8 Å². The number of likely N-dealkylation sites (tertiary alicyclic amines) is 1. The molecule has 0 bridgehead atoms. The Morgan fingerprint density at radius 3 is 2.76 bits per heavy atom. The average molecular weight is 426 g/mol. The molecule has 5 rings (SSSR count). The molecule has 2 aliphatic rings. The molecular formula is C22H23N3O2S2. The van der Waals surface area contributed by atoms with Gasteiger partial charge in [0, 0.05) is 41.1 Å². The highest BCUT2D eigenvalue weighted by molar-refractivity contribution is 7.10. The van der Waals surface area contributed by atoms with Crippen molar-refractivity contribution in [1.82, 2.24) is 14.8 Å². The van der Waals surface area contributed by atoms with Crippen LogP contribution in [0.2, 0.25) is 0 Å². The molecule has 5 heterocycles. The van der Waals surface area contributed by atoms with E-state index in [0.29, 0.717) is 17.8 Å². The molecule has 0 radical (unpaired) electrons. The van der Waals surface area contributed by atoms with Crippen LogP contribution in [-0.2, 0) is 6.42 Å². The zero-order valence-corrected chi connectivity index (χ0v) is 17.7. The van der Waals surface area contributed by atoms with Crippen LogP contribution in [0.3, 0.4) is 0 Å². The van der Waals surface area contributed by atoms with Gasteiger partial charge in [0.15, 0.2) is 5.78 Å². The number of nitrogens with zero attached hydrogens (tertiary/aromatic N) is 2. The summed E-state index contributed by atoms with van der Waals surface area (Å²) in [7, 11) is 0. The lowest BCUT2D eigenvalue weighted by Crippen LogP contribution is -2.38. The molecule has 5 nitrogen and oxygen atoms in total. The molecule has 0 spiro atoms. The molecule has 1 atom stereocenters. The summed E-state index contributed by atoms with van der Waals surface area (Å²) in [6.07, 6.45) is 4.78. The number of Topliss-reactive ketones (excluding diaryl/α,β-unsaturated/α-hetero) is 1. The topological polar surface area (TPSA) is 56.4 Å². The van der Waals surface area contributed by atoms with Crippen LogP contribution in [0.4, 0.5) is 0 Å². The van der Waals surface area contributed by atoms with Crippen molar-refractivity contribution < 1.29 is 9.59 Å². The number of rotatable bonds is 5. The smallest absolute Gasteiger partial charge is 0.270 e. The molecule has 1 amide bonds. The molecule has 1 saturated heterocycles. The second-order valence-corrected chi connectivity index (χ2v) is 9.64. The Kier molecular flexibility index (Phi) is 5.11. The van der Waals surface area contributed by atoms with E-state index in [4.69, 9.17) is 0 Å². The minimum Gasteiger partial charge on any atom is -0.356 e. The first kappa shape index (κ1) is 18.8. The van der Waals surface area contributed by atoms with Crippen molar-refractivity contribution in [2.24, 2.45) is 0 Å². The van der Waals surface area contributed by atoms with Gasteiger partial charge in [0.1, 0.15) is 5.69 Å². The van der Waals surface area contributed by atoms with Gasteiger partial charge >= 0.3 is 0 Å². The zero-order chi connectivity index (χ0) is 19.8. The maximum Gasteiger partial charge on any atom is 0.270 e. The van der Waals surface area contributed by atoms with E-state index in [2.05, 4.69) is 38.8 Å². The fourth-order valence-corrected chi connectivity index (χ4v) is 6.14. The molecule has 2 aliphatic heterocycles. The van der Waals surface area contributed by atoms with E-state index >= 15 is 0 Å². The Labute approximate surface area is 178 Å². The molecule has 1 unspecified atom stereocenters. The van der Waals surface area contributed by atoms with Crippen molar-refractivity contribution in [1.29, 1.82) is 0 Å². The molecule has 1 fully saturated rings. The minimum atomic E-state index is -0.00102. The van der Waals surface area contributed by atoms with Gasteiger partial charge in [0.05, 0.1) is 12.6 Å². The number of fused-ring (bicyclic) bond motifs is 1. The molecule has 3 aromatic rings. The van der Waals surface area contributed by atoms with E-state index in [9.17, 15) is 9.59 Å². The molecule has 0 aromatic carbocycles. The third-order valence-electron chi connectivity index (χ3n) is 5.85. The van der Waals surface area contributed by atoms with Gasteiger partial charge in [-0.1, -0.05) is 6.07 Å². The summed E-state index contributed by atoms with van der Waals surface area (Å²) < 4.78 is 0. The maximum atomic E-state index is 13.1. The molecule has 150 valence electrons. The Balaban J connectivity index is 1.34. The number of ketones is 1. The molecule has 0 saturated carbocycles. The van der Waals surface area contributed by atoms with Gasteiger partial charge in [-0.15, -0.1) is 22.7 Å². The van der Waals surface area contributed by atoms with Gasteiger partial charge in [0.2, 0.25) is 0 Å². The molecule has 3 aromatic heterocycles. The van der Waals surface area contributed by atoms with Gasteiger partial charge < -0.3 is 9.88 Å². The lowest BCUT2D eigenvalue weighted by molar-refractivity contribution is 0.0787. The number of aromatic amines is 1. The SMILES string of the molecule is O=C(CN1CCc2sccc2C1c1cccs1)c1c[nH]c(C(=O)N2CCCC2)c1. The van der Waals surface area contributed by atoms with E-state index in [1.807, 2.05) is 16.2 Å². The van der Waals surface area contributed by atoms with Crippen LogP contribution in [0.5, 0.6) is 0 Å². The molecule has 0 aliphatic carbocycles. The van der Waals surface area contributed by atoms with E-state index < -0.39 is 0 Å². The van der Waals surface area contributed by atoms with Crippen molar-refractivity contribution >= 4 is 34.4 Å². The quantitative estimate of drug-likeness (QED) is 0.623. The van der Waals surface area contributed by atoms with Crippen molar-refractivity contribution in [3.8, 4) is 0 Å². The number of nitrogens with one attached hydrogen (secondary N) is 1. The molecule has 29 heavy (non-hydrogen) atoms. The Hall–Kier alpha value is -2.22. The van der Waals surface area contributed by atoms with Crippen molar-refractivity contribution in [2.75, 3.05) is 26.2 Å². The number of hydrogen-bond donors (Lipinski definition) is 1. The standard InChI is InChI=1S/C22H23N3O2S2/c26-18(15-12-17(23-13-15)22(27)24-7-1-2-8-24)14-25-9-5-19-16(6-11-29-19)21(25)20-4-3-10-28-20/h3-4,6,10-13,21,23H,1-2,5,7-9,14H2. The number of amides is 1. The third kappa shape index (κ3) is 3.58. The number of hydrogen-bond acceptors (Lipinski definition) is 5. The summed E-state index contributed by atoms with van der Waals surface area (Å²) >= 11 is 3.55. The van der Waals surface area contributed by atoms with Gasteiger partial charge in [-0.3, -0.25) is 14.5 Å². The lowest BCUT2D eigenvalue weighted by atomic mass is 9.98. The highest BCUT2D eigenvalue weighted by atomic mass is 32.1. The van der Waals surface area contributed by atoms with Crippen LogP contribution in [0.1, 0.15) is 55.0 Å². The normalized spacial score (nSPS) is 19.4. The number of H-pyrrole nitrogens is 1. The van der Waals surface area contributed by atoms with Crippen molar-refractivity contribution in [2.45, 2.75) is 25.3 Å². The summed E-state index contributed by atoms with van der Waals surface area (Å²) in [6.45, 7) is 2.83. The molecular weight excluding hydrogens is 402 g/mol. The van der Waals surface area contributed by atoms with Gasteiger partial charge in [0.25, 0.3) is 5.91 Å². The van der Waals surface area contributed by atoms with Crippen LogP contribution in [-0.4, -0.2) is 52.7 Å². The minimum absolute atomic E-state index is 0.00102. The summed E-state index contributed by atoms with van der Waals surface area (Å²) in [5, 5.41) is 4.25. The fraction of sp³-hybridized carbons (Fsp3) is 0.364. The predicted molar refractivity (Wildman–Crippen MR) is 116 cm³/mol. The summed E-state index contributed by atoms with van der Waals surface area (Å²) in [6, 6.07) is 8.29. The van der Waals surface area contributed by atoms with Crippen LogP contribution in [0, 0.1) is 0 Å². The number of carbonyl (C=O) groups is 2. The first-order chi connectivity index (χ1) is 14.2. The van der Waals surface area contributed by atoms with E-state index in [-0.39, 0.29) is 17.7 Å². The Morgan fingerprint density at radius 2 is 1.97 bits per heavy atom. The molecule has 7 heteroatoms. The average Bonchev–Trinajstić information content (AvgIpc) is 3.54. The Morgan fingerprint density at radius 1 is 1.10 bits per heavy atom. The number of aromatic nitrogens is 1. The van der Waals surface area contributed by atoms with E-state index in [1.165, 1.54) is 15.3 Å². The van der Waals surface area contributed by atoms with Gasteiger partial charge in [-0.2, -0.15) is 0 Å². The highest BCUT2D eigenvalue weighted by Gasteiger charge is 2.32. The summed E-state index contributed by atoms with van der Waals surface area (Å²) in [4.78, 5) is 35.5. The van der Waals surface area contributed by atoms with Crippen LogP contribution >= 0.6 is 22.7 Å². The fourth-order valence-electron chi connectivity index (χ4n) is 4.36. The second kappa shape index (κ2) is 7.89. The first-order valence-corrected chi connectivity index (χ1v) is 11.8. The van der Waals surface area contributed by atoms with Gasteiger partial charge in [-0.25, -0.2) is 0 Å². The monoisotopic (exact) mass is 425 g/mol. The third-order valence-corrected chi connectivity index (χ3v) is 7.77. The highest BCUT2D eigenvalue weighted by Crippen LogP contribution is 2.39. The largest absolute Gasteiger partial charge is 0.356 e.